The highest BCUT2D eigenvalue weighted by Crippen LogP contribution is 2.13. The van der Waals surface area contributed by atoms with Gasteiger partial charge in [-0.2, -0.15) is 0 Å². The van der Waals surface area contributed by atoms with Crippen LogP contribution in [0, 0.1) is 0 Å². The summed E-state index contributed by atoms with van der Waals surface area (Å²) in [6.07, 6.45) is 0. The fraction of sp³-hybridized carbons (Fsp3) is 0.500. The topological polar surface area (TPSA) is 12.5 Å². The van der Waals surface area contributed by atoms with Gasteiger partial charge >= 0.3 is 0 Å². The molecule has 0 aliphatic carbocycles. The Morgan fingerprint density at radius 1 is 1.33 bits per heavy atom. The monoisotopic (exact) mass is 271 g/mol. The second-order valence-corrected chi connectivity index (χ2v) is 4.41. The molecule has 0 saturated carbocycles. The molecule has 2 nitrogen and oxygen atoms in total. The molecule has 1 aromatic carbocycles. The minimum Gasteiger partial charge on any atom is -0.497 e. The molecule has 0 aliphatic rings. The average molecular weight is 272 g/mol. The summed E-state index contributed by atoms with van der Waals surface area (Å²) in [5.74, 6) is 0.912. The van der Waals surface area contributed by atoms with Crippen LogP contribution in [0.3, 0.4) is 0 Å². The van der Waals surface area contributed by atoms with Crippen LogP contribution in [0.25, 0.3) is 0 Å². The summed E-state index contributed by atoms with van der Waals surface area (Å²) in [5, 5.41) is 1.000. The Balaban J connectivity index is 2.57. The van der Waals surface area contributed by atoms with Gasteiger partial charge in [-0.25, -0.2) is 0 Å². The van der Waals surface area contributed by atoms with Gasteiger partial charge in [-0.05, 0) is 31.7 Å². The summed E-state index contributed by atoms with van der Waals surface area (Å²) < 4.78 is 5.12. The quantitative estimate of drug-likeness (QED) is 0.764. The van der Waals surface area contributed by atoms with Gasteiger partial charge in [-0.1, -0.05) is 28.1 Å². The molecule has 0 aliphatic heterocycles. The summed E-state index contributed by atoms with van der Waals surface area (Å²) in [6, 6.07) is 8.77. The van der Waals surface area contributed by atoms with E-state index in [9.17, 15) is 0 Å². The van der Waals surface area contributed by atoms with Crippen molar-refractivity contribution in [2.24, 2.45) is 0 Å². The maximum absolute atomic E-state index is 5.12. The molecule has 1 unspecified atom stereocenters. The highest BCUT2D eigenvalue weighted by Gasteiger charge is 2.07. The predicted octanol–water partition coefficient (Wildman–Crippen LogP) is 2.91. The van der Waals surface area contributed by atoms with E-state index in [-0.39, 0.29) is 0 Å². The van der Waals surface area contributed by atoms with Crippen molar-refractivity contribution in [3.63, 3.8) is 0 Å². The molecular weight excluding hydrogens is 254 g/mol. The third kappa shape index (κ3) is 3.84. The lowest BCUT2D eigenvalue weighted by Gasteiger charge is -2.22. The minimum absolute atomic E-state index is 0.548. The van der Waals surface area contributed by atoms with Crippen molar-refractivity contribution in [1.29, 1.82) is 0 Å². The molecule has 1 rings (SSSR count). The maximum Gasteiger partial charge on any atom is 0.118 e. The van der Waals surface area contributed by atoms with E-state index in [0.717, 1.165) is 17.6 Å². The lowest BCUT2D eigenvalue weighted by atomic mass is 10.2. The van der Waals surface area contributed by atoms with Gasteiger partial charge in [0.25, 0.3) is 0 Å². The molecule has 0 bridgehead atoms. The molecule has 0 radical (unpaired) electrons. The normalized spacial score (nSPS) is 12.9. The van der Waals surface area contributed by atoms with E-state index < -0.39 is 0 Å². The number of benzene rings is 1. The minimum atomic E-state index is 0.548. The van der Waals surface area contributed by atoms with Crippen molar-refractivity contribution in [1.82, 2.24) is 4.90 Å². The van der Waals surface area contributed by atoms with Crippen LogP contribution >= 0.6 is 15.9 Å². The van der Waals surface area contributed by atoms with Crippen LogP contribution in [0.2, 0.25) is 0 Å². The van der Waals surface area contributed by atoms with E-state index in [4.69, 9.17) is 4.74 Å². The SMILES string of the molecule is COc1ccc(CN(C)C(C)CBr)cc1. The van der Waals surface area contributed by atoms with Crippen molar-refractivity contribution in [2.45, 2.75) is 19.5 Å². The smallest absolute Gasteiger partial charge is 0.118 e. The van der Waals surface area contributed by atoms with Crippen LogP contribution in [-0.2, 0) is 6.54 Å². The van der Waals surface area contributed by atoms with Crippen molar-refractivity contribution in [3.8, 4) is 5.75 Å². The molecule has 0 aromatic heterocycles. The van der Waals surface area contributed by atoms with Gasteiger partial charge in [-0.15, -0.1) is 0 Å². The van der Waals surface area contributed by atoms with E-state index in [0.29, 0.717) is 6.04 Å². The first-order valence-electron chi connectivity index (χ1n) is 5.06. The molecule has 1 atom stereocenters. The molecule has 3 heteroatoms. The second-order valence-electron chi connectivity index (χ2n) is 3.77. The molecule has 0 amide bonds. The molecule has 0 N–H and O–H groups in total. The molecule has 0 heterocycles. The number of hydrogen-bond acceptors (Lipinski definition) is 2. The summed E-state index contributed by atoms with van der Waals surface area (Å²) in [7, 11) is 3.82. The number of methoxy groups -OCH3 is 1. The number of rotatable bonds is 5. The molecule has 0 saturated heterocycles. The Morgan fingerprint density at radius 3 is 2.40 bits per heavy atom. The van der Waals surface area contributed by atoms with Crippen LogP contribution < -0.4 is 4.74 Å². The Labute approximate surface area is 100 Å². The first-order valence-corrected chi connectivity index (χ1v) is 6.18. The molecule has 15 heavy (non-hydrogen) atoms. The van der Waals surface area contributed by atoms with Crippen LogP contribution in [-0.4, -0.2) is 30.4 Å². The van der Waals surface area contributed by atoms with Crippen LogP contribution in [0.1, 0.15) is 12.5 Å². The zero-order valence-corrected chi connectivity index (χ0v) is 11.1. The van der Waals surface area contributed by atoms with E-state index in [1.807, 2.05) is 12.1 Å². The van der Waals surface area contributed by atoms with Crippen LogP contribution in [0.15, 0.2) is 24.3 Å². The van der Waals surface area contributed by atoms with Crippen molar-refractivity contribution in [3.05, 3.63) is 29.8 Å². The summed E-state index contributed by atoms with van der Waals surface area (Å²) in [5.41, 5.74) is 1.31. The van der Waals surface area contributed by atoms with E-state index in [1.54, 1.807) is 7.11 Å². The third-order valence-corrected chi connectivity index (χ3v) is 3.50. The zero-order valence-electron chi connectivity index (χ0n) is 9.53. The summed E-state index contributed by atoms with van der Waals surface area (Å²) >= 11 is 3.49. The number of ether oxygens (including phenoxy) is 1. The Kier molecular flexibility index (Phi) is 5.12. The fourth-order valence-corrected chi connectivity index (χ4v) is 1.79. The lowest BCUT2D eigenvalue weighted by molar-refractivity contribution is 0.270. The van der Waals surface area contributed by atoms with Gasteiger partial charge in [-0.3, -0.25) is 4.90 Å². The third-order valence-electron chi connectivity index (χ3n) is 2.57. The van der Waals surface area contributed by atoms with Crippen molar-refractivity contribution in [2.75, 3.05) is 19.5 Å². The number of alkyl halides is 1. The van der Waals surface area contributed by atoms with Crippen molar-refractivity contribution < 1.29 is 4.74 Å². The average Bonchev–Trinajstić information content (AvgIpc) is 2.29. The Morgan fingerprint density at radius 2 is 1.93 bits per heavy atom. The molecular formula is C12H18BrNO. The highest BCUT2D eigenvalue weighted by molar-refractivity contribution is 9.09. The predicted molar refractivity (Wildman–Crippen MR) is 67.7 cm³/mol. The number of halogens is 1. The maximum atomic E-state index is 5.12. The van der Waals surface area contributed by atoms with Gasteiger partial charge in [0.2, 0.25) is 0 Å². The number of hydrogen-bond donors (Lipinski definition) is 0. The highest BCUT2D eigenvalue weighted by atomic mass is 79.9. The van der Waals surface area contributed by atoms with E-state index in [2.05, 4.69) is 46.9 Å². The fourth-order valence-electron chi connectivity index (χ4n) is 1.29. The van der Waals surface area contributed by atoms with Gasteiger partial charge in [0.1, 0.15) is 5.75 Å². The Hall–Kier alpha value is -0.540. The van der Waals surface area contributed by atoms with Crippen LogP contribution in [0.5, 0.6) is 5.75 Å². The van der Waals surface area contributed by atoms with Crippen molar-refractivity contribution >= 4 is 15.9 Å². The van der Waals surface area contributed by atoms with E-state index >= 15 is 0 Å². The molecule has 0 fully saturated rings. The van der Waals surface area contributed by atoms with E-state index in [1.165, 1.54) is 5.56 Å². The standard InChI is InChI=1S/C12H18BrNO/c1-10(8-13)14(2)9-11-4-6-12(15-3)7-5-11/h4-7,10H,8-9H2,1-3H3. The summed E-state index contributed by atoms with van der Waals surface area (Å²) in [4.78, 5) is 2.32. The summed E-state index contributed by atoms with van der Waals surface area (Å²) in [6.45, 7) is 3.18. The molecule has 84 valence electrons. The molecule has 0 spiro atoms. The van der Waals surface area contributed by atoms with Gasteiger partial charge in [0.05, 0.1) is 7.11 Å². The molecule has 1 aromatic rings. The lowest BCUT2D eigenvalue weighted by Crippen LogP contribution is -2.29. The first kappa shape index (κ1) is 12.5. The second kappa shape index (κ2) is 6.13. The first-order chi connectivity index (χ1) is 7.17. The Bertz CT molecular complexity index is 286. The van der Waals surface area contributed by atoms with Crippen LogP contribution in [0.4, 0.5) is 0 Å². The van der Waals surface area contributed by atoms with Gasteiger partial charge < -0.3 is 4.74 Å². The number of nitrogens with zero attached hydrogens (tertiary/aromatic N) is 1. The largest absolute Gasteiger partial charge is 0.497 e. The zero-order chi connectivity index (χ0) is 11.3. The van der Waals surface area contributed by atoms with Gasteiger partial charge in [0.15, 0.2) is 0 Å². The van der Waals surface area contributed by atoms with Gasteiger partial charge in [0, 0.05) is 17.9 Å².